The molecule has 7 rings (SSSR count). The van der Waals surface area contributed by atoms with Crippen LogP contribution in [0.4, 0.5) is 10.8 Å². The molecule has 3 aromatic carbocycles. The number of aryl methyl sites for hydroxylation is 2. The second-order valence-electron chi connectivity index (χ2n) is 10.4. The highest BCUT2D eigenvalue weighted by molar-refractivity contribution is 8.00. The normalized spacial score (nSPS) is 17.3. The maximum atomic E-state index is 14.7. The van der Waals surface area contributed by atoms with E-state index in [1.807, 2.05) is 44.2 Å². The van der Waals surface area contributed by atoms with Gasteiger partial charge in [0.25, 0.3) is 11.8 Å². The molecule has 0 saturated heterocycles. The highest BCUT2D eigenvalue weighted by Gasteiger charge is 2.66. The van der Waals surface area contributed by atoms with E-state index in [0.717, 1.165) is 28.0 Å². The first-order chi connectivity index (χ1) is 20.8. The quantitative estimate of drug-likeness (QED) is 0.118. The third-order valence-electron chi connectivity index (χ3n) is 7.95. The number of amides is 2. The Kier molecular flexibility index (Phi) is 6.53. The number of halogens is 1. The van der Waals surface area contributed by atoms with Crippen molar-refractivity contribution in [1.29, 1.82) is 0 Å². The van der Waals surface area contributed by atoms with Crippen LogP contribution in [0.1, 0.15) is 38.4 Å². The number of carbonyl (C=O) groups is 2. The predicted molar refractivity (Wildman–Crippen MR) is 169 cm³/mol. The molecule has 0 N–H and O–H groups in total. The van der Waals surface area contributed by atoms with Gasteiger partial charge >= 0.3 is 0 Å². The van der Waals surface area contributed by atoms with Crippen molar-refractivity contribution >= 4 is 68.3 Å². The molecule has 0 radical (unpaired) electrons. The zero-order valence-corrected chi connectivity index (χ0v) is 25.5. The summed E-state index contributed by atoms with van der Waals surface area (Å²) in [4.78, 5) is 46.3. The number of benzene rings is 3. The van der Waals surface area contributed by atoms with Crippen LogP contribution in [-0.4, -0.2) is 28.6 Å². The Hall–Kier alpha value is -4.25. The average molecular weight is 627 g/mol. The molecular formula is C32H23ClN4O4S2. The molecule has 2 aliphatic rings. The van der Waals surface area contributed by atoms with Crippen molar-refractivity contribution < 1.29 is 14.0 Å². The van der Waals surface area contributed by atoms with Crippen molar-refractivity contribution in [3.63, 3.8) is 0 Å². The summed E-state index contributed by atoms with van der Waals surface area (Å²) in [6.07, 6.45) is 1.61. The first kappa shape index (κ1) is 27.6. The minimum atomic E-state index is -1.83. The molecule has 0 fully saturated rings. The number of aromatic nitrogens is 2. The molecule has 2 aromatic heterocycles. The summed E-state index contributed by atoms with van der Waals surface area (Å²) < 4.78 is 6.79. The SMILES string of the molecule is C=CCN1C(=O)C2(c3ccccc31)c1c(oc3cc(C)c(C)cc3c1=O)C(=O)N2c1nnc(SCc2ccccc2Cl)s1. The summed E-state index contributed by atoms with van der Waals surface area (Å²) in [6.45, 7) is 7.82. The Morgan fingerprint density at radius 2 is 1.79 bits per heavy atom. The van der Waals surface area contributed by atoms with E-state index >= 15 is 0 Å². The first-order valence-electron chi connectivity index (χ1n) is 13.4. The Balaban J connectivity index is 1.45. The maximum Gasteiger partial charge on any atom is 0.297 e. The van der Waals surface area contributed by atoms with Crippen molar-refractivity contribution in [1.82, 2.24) is 10.2 Å². The summed E-state index contributed by atoms with van der Waals surface area (Å²) in [7, 11) is 0. The van der Waals surface area contributed by atoms with Crippen LogP contribution in [0.25, 0.3) is 11.0 Å². The van der Waals surface area contributed by atoms with Gasteiger partial charge in [0.1, 0.15) is 5.58 Å². The van der Waals surface area contributed by atoms with Crippen molar-refractivity contribution in [3.8, 4) is 0 Å². The van der Waals surface area contributed by atoms with Gasteiger partial charge < -0.3 is 9.32 Å². The fraction of sp³-hybridized carbons (Fsp3) is 0.156. The van der Waals surface area contributed by atoms with Crippen LogP contribution in [0, 0.1) is 13.8 Å². The molecule has 1 spiro atoms. The standard InChI is InChI=1S/C32H23ClN4O4S2/c1-4-13-36-23-12-8-6-10-21(23)32(29(36)40)25-26(38)20-14-17(2)18(3)15-24(20)41-27(25)28(39)37(32)30-34-35-31(43-30)42-16-19-9-5-7-11-22(19)33/h4-12,14-15H,1,13,16H2,2-3H3. The van der Waals surface area contributed by atoms with Crippen LogP contribution in [0.15, 0.2) is 86.9 Å². The van der Waals surface area contributed by atoms with E-state index in [-0.39, 0.29) is 28.6 Å². The van der Waals surface area contributed by atoms with E-state index in [1.165, 1.54) is 21.6 Å². The van der Waals surface area contributed by atoms with Gasteiger partial charge in [-0.2, -0.15) is 0 Å². The van der Waals surface area contributed by atoms with Crippen LogP contribution in [0.2, 0.25) is 5.02 Å². The smallest absolute Gasteiger partial charge is 0.297 e. The number of anilines is 2. The molecular weight excluding hydrogens is 604 g/mol. The van der Waals surface area contributed by atoms with E-state index in [4.69, 9.17) is 16.0 Å². The number of hydrogen-bond acceptors (Lipinski definition) is 8. The second-order valence-corrected chi connectivity index (χ2v) is 13.0. The number of fused-ring (bicyclic) bond motifs is 5. The molecule has 2 amide bonds. The van der Waals surface area contributed by atoms with Gasteiger partial charge in [0.05, 0.1) is 16.6 Å². The van der Waals surface area contributed by atoms with Gasteiger partial charge in [-0.25, -0.2) is 0 Å². The number of carbonyl (C=O) groups excluding carboxylic acids is 2. The van der Waals surface area contributed by atoms with Crippen molar-refractivity contribution in [3.05, 3.63) is 122 Å². The third-order valence-corrected chi connectivity index (χ3v) is 10.4. The van der Waals surface area contributed by atoms with Crippen molar-refractivity contribution in [2.45, 2.75) is 29.5 Å². The number of nitrogens with zero attached hydrogens (tertiary/aromatic N) is 4. The van der Waals surface area contributed by atoms with E-state index in [0.29, 0.717) is 31.8 Å². The van der Waals surface area contributed by atoms with Gasteiger partial charge in [0, 0.05) is 22.9 Å². The van der Waals surface area contributed by atoms with Crippen LogP contribution >= 0.6 is 34.7 Å². The Bertz CT molecular complexity index is 2070. The van der Waals surface area contributed by atoms with Gasteiger partial charge in [-0.05, 0) is 54.8 Å². The molecule has 214 valence electrons. The minimum Gasteiger partial charge on any atom is -0.450 e. The largest absolute Gasteiger partial charge is 0.450 e. The number of thioether (sulfide) groups is 1. The summed E-state index contributed by atoms with van der Waals surface area (Å²) in [5.74, 6) is -0.733. The Morgan fingerprint density at radius 1 is 1.05 bits per heavy atom. The topological polar surface area (TPSA) is 96.6 Å². The molecule has 5 aromatic rings. The van der Waals surface area contributed by atoms with Gasteiger partial charge in [-0.15, -0.1) is 16.8 Å². The summed E-state index contributed by atoms with van der Waals surface area (Å²) in [5, 5.41) is 9.84. The molecule has 0 bridgehead atoms. The van der Waals surface area contributed by atoms with E-state index in [1.54, 1.807) is 36.4 Å². The lowest BCUT2D eigenvalue weighted by atomic mass is 9.84. The van der Waals surface area contributed by atoms with Gasteiger partial charge in [-0.3, -0.25) is 19.3 Å². The first-order valence-corrected chi connectivity index (χ1v) is 15.6. The van der Waals surface area contributed by atoms with E-state index < -0.39 is 22.8 Å². The number of rotatable bonds is 6. The number of para-hydroxylation sites is 1. The predicted octanol–water partition coefficient (Wildman–Crippen LogP) is 6.64. The fourth-order valence-electron chi connectivity index (χ4n) is 5.83. The van der Waals surface area contributed by atoms with Crippen LogP contribution in [-0.2, 0) is 16.1 Å². The lowest BCUT2D eigenvalue weighted by Crippen LogP contribution is -2.53. The van der Waals surface area contributed by atoms with E-state index in [9.17, 15) is 14.4 Å². The average Bonchev–Trinajstić information content (AvgIpc) is 3.63. The zero-order chi connectivity index (χ0) is 30.0. The fourth-order valence-corrected chi connectivity index (χ4v) is 8.01. The number of hydrogen-bond donors (Lipinski definition) is 0. The Morgan fingerprint density at radius 3 is 2.58 bits per heavy atom. The molecule has 0 saturated carbocycles. The van der Waals surface area contributed by atoms with Crippen LogP contribution in [0.3, 0.4) is 0 Å². The lowest BCUT2D eigenvalue weighted by Gasteiger charge is -2.31. The molecule has 2 aliphatic heterocycles. The third kappa shape index (κ3) is 3.93. The summed E-state index contributed by atoms with van der Waals surface area (Å²) >= 11 is 8.93. The minimum absolute atomic E-state index is 0.0160. The molecule has 1 unspecified atom stereocenters. The molecule has 1 atom stereocenters. The molecule has 43 heavy (non-hydrogen) atoms. The molecule has 8 nitrogen and oxygen atoms in total. The highest BCUT2D eigenvalue weighted by atomic mass is 35.5. The van der Waals surface area contributed by atoms with E-state index in [2.05, 4.69) is 16.8 Å². The molecule has 4 heterocycles. The van der Waals surface area contributed by atoms with Crippen molar-refractivity contribution in [2.75, 3.05) is 16.3 Å². The molecule has 11 heteroatoms. The monoisotopic (exact) mass is 626 g/mol. The molecule has 0 aliphatic carbocycles. The van der Waals surface area contributed by atoms with Crippen LogP contribution in [0.5, 0.6) is 0 Å². The van der Waals surface area contributed by atoms with Crippen molar-refractivity contribution in [2.24, 2.45) is 0 Å². The Labute approximate surface area is 259 Å². The summed E-state index contributed by atoms with van der Waals surface area (Å²) in [6, 6.07) is 18.2. The summed E-state index contributed by atoms with van der Waals surface area (Å²) in [5.41, 5.74) is 1.81. The van der Waals surface area contributed by atoms with Crippen LogP contribution < -0.4 is 15.2 Å². The maximum absolute atomic E-state index is 14.7. The second kappa shape index (κ2) is 10.2. The van der Waals surface area contributed by atoms with Gasteiger partial charge in [0.15, 0.2) is 15.3 Å². The lowest BCUT2D eigenvalue weighted by molar-refractivity contribution is -0.121. The van der Waals surface area contributed by atoms with Gasteiger partial charge in [0.2, 0.25) is 10.9 Å². The van der Waals surface area contributed by atoms with Gasteiger partial charge in [-0.1, -0.05) is 77.2 Å². The highest BCUT2D eigenvalue weighted by Crippen LogP contribution is 2.54. The zero-order valence-electron chi connectivity index (χ0n) is 23.1.